The minimum atomic E-state index is 0.752. The quantitative estimate of drug-likeness (QED) is 0.704. The summed E-state index contributed by atoms with van der Waals surface area (Å²) >= 11 is 1.65. The normalized spacial score (nSPS) is 10.7. The third kappa shape index (κ3) is 2.28. The summed E-state index contributed by atoms with van der Waals surface area (Å²) in [6, 6.07) is 16.1. The van der Waals surface area contributed by atoms with Gasteiger partial charge in [-0.05, 0) is 23.8 Å². The Bertz CT molecular complexity index is 661. The molecule has 90 valence electrons. The zero-order valence-electron chi connectivity index (χ0n) is 9.76. The van der Waals surface area contributed by atoms with E-state index in [1.807, 2.05) is 36.4 Å². The number of benzene rings is 2. The largest absolute Gasteiger partial charge is 0.399 e. The Hall–Kier alpha value is -2.07. The molecule has 0 aliphatic carbocycles. The summed E-state index contributed by atoms with van der Waals surface area (Å²) in [6.07, 6.45) is 0. The molecular formula is C14H13N3S. The van der Waals surface area contributed by atoms with Crippen molar-refractivity contribution in [2.24, 2.45) is 0 Å². The van der Waals surface area contributed by atoms with Gasteiger partial charge in [-0.25, -0.2) is 4.98 Å². The molecule has 0 bridgehead atoms. The van der Waals surface area contributed by atoms with Gasteiger partial charge in [-0.2, -0.15) is 0 Å². The van der Waals surface area contributed by atoms with Crippen LogP contribution in [0.3, 0.4) is 0 Å². The molecule has 0 aliphatic heterocycles. The minimum absolute atomic E-state index is 0.752. The van der Waals surface area contributed by atoms with Crippen LogP contribution in [0.15, 0.2) is 48.5 Å². The van der Waals surface area contributed by atoms with Crippen LogP contribution >= 0.6 is 11.3 Å². The van der Waals surface area contributed by atoms with E-state index >= 15 is 0 Å². The molecule has 0 atom stereocenters. The summed E-state index contributed by atoms with van der Waals surface area (Å²) in [7, 11) is 0. The van der Waals surface area contributed by atoms with Crippen LogP contribution in [-0.2, 0) is 6.54 Å². The number of nitrogens with zero attached hydrogens (tertiary/aromatic N) is 1. The van der Waals surface area contributed by atoms with Gasteiger partial charge in [0.25, 0.3) is 0 Å². The molecular weight excluding hydrogens is 242 g/mol. The number of nitrogen functional groups attached to an aromatic ring is 1. The highest BCUT2D eigenvalue weighted by molar-refractivity contribution is 7.22. The number of nitrogens with one attached hydrogen (secondary N) is 1. The molecule has 1 aromatic heterocycles. The maximum absolute atomic E-state index is 5.74. The number of anilines is 2. The van der Waals surface area contributed by atoms with Crippen molar-refractivity contribution < 1.29 is 0 Å². The third-order valence-electron chi connectivity index (χ3n) is 2.70. The van der Waals surface area contributed by atoms with Crippen molar-refractivity contribution in [3.63, 3.8) is 0 Å². The first-order valence-electron chi connectivity index (χ1n) is 5.75. The lowest BCUT2D eigenvalue weighted by molar-refractivity contribution is 1.14. The monoisotopic (exact) mass is 255 g/mol. The van der Waals surface area contributed by atoms with Gasteiger partial charge in [0.15, 0.2) is 5.13 Å². The maximum atomic E-state index is 5.74. The number of nitrogens with two attached hydrogens (primary N) is 1. The highest BCUT2D eigenvalue weighted by Gasteiger charge is 2.03. The molecule has 1 heterocycles. The molecule has 3 rings (SSSR count). The molecule has 3 nitrogen and oxygen atoms in total. The van der Waals surface area contributed by atoms with Crippen molar-refractivity contribution in [1.29, 1.82) is 0 Å². The van der Waals surface area contributed by atoms with Gasteiger partial charge in [0.1, 0.15) is 0 Å². The minimum Gasteiger partial charge on any atom is -0.399 e. The molecule has 0 unspecified atom stereocenters. The molecule has 0 aliphatic rings. The summed E-state index contributed by atoms with van der Waals surface area (Å²) in [5.74, 6) is 0. The number of thiazole rings is 1. The van der Waals surface area contributed by atoms with Crippen molar-refractivity contribution >= 4 is 32.4 Å². The van der Waals surface area contributed by atoms with E-state index in [1.165, 1.54) is 5.56 Å². The van der Waals surface area contributed by atoms with Crippen molar-refractivity contribution in [3.05, 3.63) is 54.1 Å². The lowest BCUT2D eigenvalue weighted by atomic mass is 10.2. The van der Waals surface area contributed by atoms with E-state index < -0.39 is 0 Å². The predicted octanol–water partition coefficient (Wildman–Crippen LogP) is 3.49. The van der Waals surface area contributed by atoms with E-state index in [9.17, 15) is 0 Å². The Labute approximate surface area is 109 Å². The lowest BCUT2D eigenvalue weighted by Crippen LogP contribution is -1.97. The first-order valence-corrected chi connectivity index (χ1v) is 6.57. The van der Waals surface area contributed by atoms with E-state index in [0.29, 0.717) is 0 Å². The first-order chi connectivity index (χ1) is 8.81. The second-order valence-corrected chi connectivity index (χ2v) is 5.12. The Balaban J connectivity index is 1.79. The highest BCUT2D eigenvalue weighted by atomic mass is 32.1. The number of aromatic nitrogens is 1. The average Bonchev–Trinajstić information content (AvgIpc) is 2.79. The summed E-state index contributed by atoms with van der Waals surface area (Å²) in [5, 5.41) is 4.27. The summed E-state index contributed by atoms with van der Waals surface area (Å²) in [5.41, 5.74) is 8.70. The Morgan fingerprint density at radius 3 is 2.78 bits per heavy atom. The van der Waals surface area contributed by atoms with Crippen LogP contribution in [0.2, 0.25) is 0 Å². The zero-order valence-corrected chi connectivity index (χ0v) is 10.6. The van der Waals surface area contributed by atoms with Crippen LogP contribution in [0.5, 0.6) is 0 Å². The van der Waals surface area contributed by atoms with Crippen LogP contribution in [-0.4, -0.2) is 4.98 Å². The fourth-order valence-electron chi connectivity index (χ4n) is 1.79. The first kappa shape index (κ1) is 11.0. The molecule has 0 saturated heterocycles. The maximum Gasteiger partial charge on any atom is 0.184 e. The Kier molecular flexibility index (Phi) is 2.86. The van der Waals surface area contributed by atoms with Crippen LogP contribution in [0.25, 0.3) is 10.2 Å². The molecule has 0 fully saturated rings. The number of fused-ring (bicyclic) bond motifs is 1. The second-order valence-electron chi connectivity index (χ2n) is 4.09. The highest BCUT2D eigenvalue weighted by Crippen LogP contribution is 2.27. The molecule has 2 aromatic carbocycles. The average molecular weight is 255 g/mol. The van der Waals surface area contributed by atoms with E-state index in [2.05, 4.69) is 22.4 Å². The standard InChI is InChI=1S/C14H13N3S/c15-11-6-7-13-12(8-11)17-14(18-13)16-9-10-4-2-1-3-5-10/h1-8H,9,15H2,(H,16,17). The van der Waals surface area contributed by atoms with Gasteiger partial charge in [-0.3, -0.25) is 0 Å². The van der Waals surface area contributed by atoms with Crippen LogP contribution in [0.1, 0.15) is 5.56 Å². The SMILES string of the molecule is Nc1ccc2sc(NCc3ccccc3)nc2c1. The van der Waals surface area contributed by atoms with E-state index in [0.717, 1.165) is 27.6 Å². The zero-order chi connectivity index (χ0) is 12.4. The molecule has 0 saturated carbocycles. The van der Waals surface area contributed by atoms with E-state index in [4.69, 9.17) is 5.73 Å². The molecule has 0 radical (unpaired) electrons. The van der Waals surface area contributed by atoms with Gasteiger partial charge < -0.3 is 11.1 Å². The molecule has 18 heavy (non-hydrogen) atoms. The second kappa shape index (κ2) is 4.66. The van der Waals surface area contributed by atoms with Crippen LogP contribution in [0, 0.1) is 0 Å². The van der Waals surface area contributed by atoms with Gasteiger partial charge in [0, 0.05) is 12.2 Å². The molecule has 3 N–H and O–H groups in total. The van der Waals surface area contributed by atoms with Gasteiger partial charge in [0.05, 0.1) is 10.2 Å². The van der Waals surface area contributed by atoms with E-state index in [1.54, 1.807) is 11.3 Å². The summed E-state index contributed by atoms with van der Waals surface area (Å²) < 4.78 is 1.15. The van der Waals surface area contributed by atoms with Crippen molar-refractivity contribution in [1.82, 2.24) is 4.98 Å². The van der Waals surface area contributed by atoms with Crippen molar-refractivity contribution in [2.45, 2.75) is 6.54 Å². The summed E-state index contributed by atoms with van der Waals surface area (Å²) in [4.78, 5) is 4.52. The van der Waals surface area contributed by atoms with Crippen LogP contribution < -0.4 is 11.1 Å². The van der Waals surface area contributed by atoms with Gasteiger partial charge in [-0.1, -0.05) is 41.7 Å². The fraction of sp³-hybridized carbons (Fsp3) is 0.0714. The van der Waals surface area contributed by atoms with Gasteiger partial charge >= 0.3 is 0 Å². The van der Waals surface area contributed by atoms with Crippen molar-refractivity contribution in [3.8, 4) is 0 Å². The lowest BCUT2D eigenvalue weighted by Gasteiger charge is -2.01. The number of hydrogen-bond donors (Lipinski definition) is 2. The van der Waals surface area contributed by atoms with E-state index in [-0.39, 0.29) is 0 Å². The smallest absolute Gasteiger partial charge is 0.184 e. The molecule has 3 aromatic rings. The van der Waals surface area contributed by atoms with Crippen LogP contribution in [0.4, 0.5) is 10.8 Å². The number of rotatable bonds is 3. The fourth-order valence-corrected chi connectivity index (χ4v) is 2.64. The van der Waals surface area contributed by atoms with Crippen molar-refractivity contribution in [2.75, 3.05) is 11.1 Å². The predicted molar refractivity (Wildman–Crippen MR) is 77.8 cm³/mol. The topological polar surface area (TPSA) is 50.9 Å². The molecule has 0 spiro atoms. The van der Waals surface area contributed by atoms with Gasteiger partial charge in [-0.15, -0.1) is 0 Å². The Morgan fingerprint density at radius 2 is 1.94 bits per heavy atom. The molecule has 0 amide bonds. The van der Waals surface area contributed by atoms with Gasteiger partial charge in [0.2, 0.25) is 0 Å². The summed E-state index contributed by atoms with van der Waals surface area (Å²) in [6.45, 7) is 0.788. The Morgan fingerprint density at radius 1 is 1.11 bits per heavy atom. The molecule has 4 heteroatoms. The number of hydrogen-bond acceptors (Lipinski definition) is 4. The third-order valence-corrected chi connectivity index (χ3v) is 3.69.